The minimum Gasteiger partial charge on any atom is -0.381 e. The molecule has 3 heterocycles. The van der Waals surface area contributed by atoms with Gasteiger partial charge in [-0.25, -0.2) is 9.18 Å². The van der Waals surface area contributed by atoms with Crippen molar-refractivity contribution in [1.29, 1.82) is 5.41 Å². The molecule has 1 aliphatic heterocycles. The number of halogens is 1. The van der Waals surface area contributed by atoms with Gasteiger partial charge in [0.25, 0.3) is 0 Å². The molecule has 160 valence electrons. The Kier molecular flexibility index (Phi) is 5.21. The number of nitrogens with one attached hydrogen (secondary N) is 4. The smallest absolute Gasteiger partial charge is 0.322 e. The molecule has 1 saturated carbocycles. The van der Waals surface area contributed by atoms with Gasteiger partial charge in [-0.15, -0.1) is 0 Å². The van der Waals surface area contributed by atoms with Crippen LogP contribution in [0.2, 0.25) is 0 Å². The van der Waals surface area contributed by atoms with E-state index in [1.807, 2.05) is 4.90 Å². The lowest BCUT2D eigenvalue weighted by molar-refractivity contribution is 0.151. The highest BCUT2D eigenvalue weighted by Crippen LogP contribution is 2.48. The van der Waals surface area contributed by atoms with Crippen molar-refractivity contribution in [3.8, 4) is 11.4 Å². The molecule has 9 heteroatoms. The zero-order valence-electron chi connectivity index (χ0n) is 17.4. The van der Waals surface area contributed by atoms with Gasteiger partial charge in [0.05, 0.1) is 17.6 Å². The molecule has 0 unspecified atom stereocenters. The van der Waals surface area contributed by atoms with Gasteiger partial charge in [-0.1, -0.05) is 0 Å². The van der Waals surface area contributed by atoms with Crippen LogP contribution in [-0.4, -0.2) is 56.6 Å². The molecule has 30 heavy (non-hydrogen) atoms. The number of nitrogens with zero attached hydrogens (tertiary/aromatic N) is 3. The normalized spacial score (nSPS) is 17.6. The first kappa shape index (κ1) is 20.3. The summed E-state index contributed by atoms with van der Waals surface area (Å²) in [7, 11) is 0. The van der Waals surface area contributed by atoms with Crippen molar-refractivity contribution in [2.24, 2.45) is 0 Å². The zero-order chi connectivity index (χ0) is 21.4. The minimum atomic E-state index is -1.40. The van der Waals surface area contributed by atoms with E-state index in [9.17, 15) is 9.18 Å². The van der Waals surface area contributed by atoms with Gasteiger partial charge in [0.1, 0.15) is 11.4 Å². The van der Waals surface area contributed by atoms with Crippen LogP contribution < -0.4 is 10.6 Å². The number of H-pyrrole nitrogens is 1. The molecule has 4 rings (SSSR count). The van der Waals surface area contributed by atoms with E-state index in [1.165, 1.54) is 26.5 Å². The van der Waals surface area contributed by atoms with E-state index in [4.69, 9.17) is 5.41 Å². The van der Waals surface area contributed by atoms with Gasteiger partial charge >= 0.3 is 6.03 Å². The Balaban J connectivity index is 1.55. The minimum absolute atomic E-state index is 0.0480. The van der Waals surface area contributed by atoms with Gasteiger partial charge < -0.3 is 20.9 Å². The van der Waals surface area contributed by atoms with Gasteiger partial charge in [0, 0.05) is 42.3 Å². The number of alkyl halides is 1. The molecule has 8 nitrogen and oxygen atoms in total. The van der Waals surface area contributed by atoms with Crippen LogP contribution in [0.3, 0.4) is 0 Å². The Morgan fingerprint density at radius 2 is 2.13 bits per heavy atom. The van der Waals surface area contributed by atoms with Crippen LogP contribution in [0, 0.1) is 5.41 Å². The molecule has 0 aromatic carbocycles. The number of amides is 2. The molecule has 1 aliphatic carbocycles. The van der Waals surface area contributed by atoms with E-state index >= 15 is 0 Å². The molecule has 2 aromatic heterocycles. The van der Waals surface area contributed by atoms with Crippen molar-refractivity contribution < 1.29 is 9.18 Å². The van der Waals surface area contributed by atoms with E-state index in [1.54, 1.807) is 18.5 Å². The predicted octanol–water partition coefficient (Wildman–Crippen LogP) is 4.18. The fourth-order valence-electron chi connectivity index (χ4n) is 4.01. The van der Waals surface area contributed by atoms with Crippen LogP contribution in [0.15, 0.2) is 18.5 Å². The van der Waals surface area contributed by atoms with Crippen LogP contribution in [0.25, 0.3) is 11.4 Å². The Morgan fingerprint density at radius 3 is 2.83 bits per heavy atom. The molecule has 2 aromatic rings. The molecule has 4 N–H and O–H groups in total. The second-order valence-electron chi connectivity index (χ2n) is 8.80. The number of pyridine rings is 1. The second-order valence-corrected chi connectivity index (χ2v) is 8.80. The third-order valence-corrected chi connectivity index (χ3v) is 5.85. The number of hydrogen-bond donors (Lipinski definition) is 4. The summed E-state index contributed by atoms with van der Waals surface area (Å²) < 4.78 is 13.9. The zero-order valence-corrected chi connectivity index (χ0v) is 17.4. The molecular weight excluding hydrogens is 385 g/mol. The molecule has 1 saturated heterocycles. The van der Waals surface area contributed by atoms with Gasteiger partial charge in [-0.05, 0) is 52.0 Å². The third kappa shape index (κ3) is 4.15. The number of piperidine rings is 1. The molecule has 2 fully saturated rings. The summed E-state index contributed by atoms with van der Waals surface area (Å²) in [5.74, 6) is 0. The van der Waals surface area contributed by atoms with Crippen molar-refractivity contribution in [2.75, 3.05) is 23.7 Å². The first-order valence-electron chi connectivity index (χ1n) is 10.4. The monoisotopic (exact) mass is 413 g/mol. The molecule has 0 radical (unpaired) electrons. The van der Waals surface area contributed by atoms with Crippen molar-refractivity contribution in [3.63, 3.8) is 0 Å². The summed E-state index contributed by atoms with van der Waals surface area (Å²) in [6, 6.07) is 1.63. The molecule has 0 atom stereocenters. The summed E-state index contributed by atoms with van der Waals surface area (Å²) in [5, 5.41) is 20.6. The molecule has 2 amide bonds. The van der Waals surface area contributed by atoms with Crippen LogP contribution in [-0.2, 0) is 0 Å². The van der Waals surface area contributed by atoms with Crippen molar-refractivity contribution in [3.05, 3.63) is 24.0 Å². The maximum Gasteiger partial charge on any atom is 0.322 e. The molecule has 0 bridgehead atoms. The summed E-state index contributed by atoms with van der Waals surface area (Å²) in [4.78, 5) is 19.3. The highest BCUT2D eigenvalue weighted by molar-refractivity contribution is 5.94. The maximum atomic E-state index is 13.9. The number of anilines is 2. The largest absolute Gasteiger partial charge is 0.381 e. The van der Waals surface area contributed by atoms with E-state index in [0.29, 0.717) is 28.3 Å². The third-order valence-electron chi connectivity index (χ3n) is 5.85. The lowest BCUT2D eigenvalue weighted by Gasteiger charge is -2.36. The van der Waals surface area contributed by atoms with E-state index in [-0.39, 0.29) is 18.1 Å². The van der Waals surface area contributed by atoms with E-state index < -0.39 is 5.67 Å². The summed E-state index contributed by atoms with van der Waals surface area (Å²) in [5.41, 5.74) is 1.47. The number of likely N-dealkylation sites (tertiary alicyclic amines) is 1. The maximum absolute atomic E-state index is 13.9. The number of urea groups is 1. The fraction of sp³-hybridized carbons (Fsp3) is 0.524. The summed E-state index contributed by atoms with van der Waals surface area (Å²) in [6.45, 7) is 3.85. The van der Waals surface area contributed by atoms with Gasteiger partial charge in [-0.2, -0.15) is 5.10 Å². The Bertz CT molecular complexity index is 945. The fourth-order valence-corrected chi connectivity index (χ4v) is 4.01. The average molecular weight is 414 g/mol. The number of rotatable bonds is 6. The van der Waals surface area contributed by atoms with Crippen molar-refractivity contribution in [2.45, 2.75) is 57.2 Å². The topological polar surface area (TPSA) is 110 Å². The van der Waals surface area contributed by atoms with Crippen LogP contribution in [0.4, 0.5) is 20.6 Å². The molecule has 1 spiro atoms. The average Bonchev–Trinajstić information content (AvgIpc) is 3.31. The quantitative estimate of drug-likeness (QED) is 0.533. The van der Waals surface area contributed by atoms with Crippen molar-refractivity contribution in [1.82, 2.24) is 20.1 Å². The van der Waals surface area contributed by atoms with E-state index in [2.05, 4.69) is 25.8 Å². The van der Waals surface area contributed by atoms with Crippen LogP contribution in [0.1, 0.15) is 51.5 Å². The summed E-state index contributed by atoms with van der Waals surface area (Å²) in [6.07, 6.45) is 9.72. The lowest BCUT2D eigenvalue weighted by atomic mass is 10.0. The Labute approximate surface area is 175 Å². The highest BCUT2D eigenvalue weighted by atomic mass is 19.1. The standard InChI is InChI=1S/C21H28FN7O/c1-20(2,22)13-25-15-9-16(24-11-14(15)10-23)18-17(12-26-28-18)27-19(30)29-8-4-3-5-21(29)6-7-21/h9-12,23H,3-8,13H2,1-2H3,(H,24,25)(H,26,28)(H,27,30). The number of aromatic nitrogens is 3. The first-order chi connectivity index (χ1) is 14.3. The Morgan fingerprint density at radius 1 is 1.33 bits per heavy atom. The lowest BCUT2D eigenvalue weighted by Crippen LogP contribution is -2.47. The van der Waals surface area contributed by atoms with E-state index in [0.717, 1.165) is 32.2 Å². The van der Waals surface area contributed by atoms with Gasteiger partial charge in [-0.3, -0.25) is 10.1 Å². The molecule has 2 aliphatic rings. The number of carbonyl (C=O) groups excluding carboxylic acids is 1. The Hall–Kier alpha value is -2.97. The van der Waals surface area contributed by atoms with Gasteiger partial charge in [0.2, 0.25) is 0 Å². The predicted molar refractivity (Wildman–Crippen MR) is 115 cm³/mol. The summed E-state index contributed by atoms with van der Waals surface area (Å²) >= 11 is 0. The second kappa shape index (κ2) is 7.70. The van der Waals surface area contributed by atoms with Crippen LogP contribution >= 0.6 is 0 Å². The van der Waals surface area contributed by atoms with Gasteiger partial charge in [0.15, 0.2) is 0 Å². The molecular formula is C21H28FN7O. The number of carbonyl (C=O) groups is 1. The highest BCUT2D eigenvalue weighted by Gasteiger charge is 2.51. The first-order valence-corrected chi connectivity index (χ1v) is 10.4. The van der Waals surface area contributed by atoms with Crippen molar-refractivity contribution >= 4 is 23.6 Å². The number of hydrogen-bond acceptors (Lipinski definition) is 5. The van der Waals surface area contributed by atoms with Crippen LogP contribution in [0.5, 0.6) is 0 Å². The number of aromatic amines is 1. The SMILES string of the molecule is CC(C)(F)CNc1cc(-c2[nH]ncc2NC(=O)N2CCCCC23CC3)ncc1C=N.